The Morgan fingerprint density at radius 3 is 2.30 bits per heavy atom. The SMILES string of the molecule is CC(=O)OCCN(CCOC(C)=O)c1ccc(N=Nc2nc3ccc(Cl)c(Cl)c3s2)c(C)c1. The van der Waals surface area contributed by atoms with E-state index in [9.17, 15) is 9.59 Å². The van der Waals surface area contributed by atoms with Gasteiger partial charge in [-0.15, -0.1) is 10.2 Å². The number of carbonyl (C=O) groups excluding carboxylic acids is 2. The van der Waals surface area contributed by atoms with Crippen LogP contribution in [0.1, 0.15) is 19.4 Å². The fraction of sp³-hybridized carbons (Fsp3) is 0.318. The molecule has 0 atom stereocenters. The molecule has 8 nitrogen and oxygen atoms in total. The molecule has 3 aromatic rings. The van der Waals surface area contributed by atoms with E-state index in [-0.39, 0.29) is 25.2 Å². The maximum Gasteiger partial charge on any atom is 0.302 e. The zero-order chi connectivity index (χ0) is 24.0. The topological polar surface area (TPSA) is 93.4 Å². The van der Waals surface area contributed by atoms with E-state index in [1.165, 1.54) is 25.2 Å². The lowest BCUT2D eigenvalue weighted by atomic mass is 10.1. The van der Waals surface area contributed by atoms with E-state index in [4.69, 9.17) is 32.7 Å². The van der Waals surface area contributed by atoms with Crippen LogP contribution in [0.25, 0.3) is 10.2 Å². The number of fused-ring (bicyclic) bond motifs is 1. The Kier molecular flexibility index (Phi) is 8.60. The number of rotatable bonds is 9. The van der Waals surface area contributed by atoms with Gasteiger partial charge in [0, 0.05) is 19.5 Å². The van der Waals surface area contributed by atoms with Crippen molar-refractivity contribution in [3.63, 3.8) is 0 Å². The number of aryl methyl sites for hydroxylation is 1. The maximum absolute atomic E-state index is 11.1. The molecule has 0 fully saturated rings. The van der Waals surface area contributed by atoms with Crippen LogP contribution >= 0.6 is 34.5 Å². The van der Waals surface area contributed by atoms with Crippen LogP contribution in [0.5, 0.6) is 0 Å². The van der Waals surface area contributed by atoms with Gasteiger partial charge in [0.25, 0.3) is 0 Å². The quantitative estimate of drug-likeness (QED) is 0.250. The van der Waals surface area contributed by atoms with Gasteiger partial charge in [-0.2, -0.15) is 0 Å². The van der Waals surface area contributed by atoms with Crippen LogP contribution in [0.15, 0.2) is 40.6 Å². The Hall–Kier alpha value is -2.75. The Morgan fingerprint density at radius 1 is 1.03 bits per heavy atom. The number of esters is 2. The van der Waals surface area contributed by atoms with E-state index in [0.29, 0.717) is 39.5 Å². The smallest absolute Gasteiger partial charge is 0.302 e. The summed E-state index contributed by atoms with van der Waals surface area (Å²) in [6.07, 6.45) is 0. The highest BCUT2D eigenvalue weighted by molar-refractivity contribution is 7.22. The third-order valence-corrected chi connectivity index (χ3v) is 6.45. The minimum Gasteiger partial charge on any atom is -0.464 e. The molecule has 2 aromatic carbocycles. The van der Waals surface area contributed by atoms with Crippen LogP contribution in [0, 0.1) is 6.92 Å². The van der Waals surface area contributed by atoms with E-state index in [0.717, 1.165) is 16.0 Å². The highest BCUT2D eigenvalue weighted by Crippen LogP contribution is 2.38. The number of benzene rings is 2. The number of carbonyl (C=O) groups is 2. The monoisotopic (exact) mass is 508 g/mol. The van der Waals surface area contributed by atoms with E-state index >= 15 is 0 Å². The molecule has 3 rings (SSSR count). The minimum atomic E-state index is -0.347. The van der Waals surface area contributed by atoms with Gasteiger partial charge < -0.3 is 14.4 Å². The average Bonchev–Trinajstić information content (AvgIpc) is 3.18. The molecule has 0 amide bonds. The second-order valence-electron chi connectivity index (χ2n) is 7.04. The third-order valence-electron chi connectivity index (χ3n) is 4.56. The molecule has 1 heterocycles. The van der Waals surface area contributed by atoms with E-state index in [2.05, 4.69) is 15.2 Å². The predicted octanol–water partition coefficient (Wildman–Crippen LogP) is 6.26. The number of anilines is 1. The summed E-state index contributed by atoms with van der Waals surface area (Å²) in [6, 6.07) is 9.17. The molecular formula is C22H22Cl2N4O4S. The van der Waals surface area contributed by atoms with Crippen LogP contribution in [-0.4, -0.2) is 43.2 Å². The molecule has 0 unspecified atom stereocenters. The molecule has 0 saturated heterocycles. The molecule has 0 bridgehead atoms. The van der Waals surface area contributed by atoms with Crippen molar-refractivity contribution in [3.8, 4) is 0 Å². The molecular weight excluding hydrogens is 487 g/mol. The van der Waals surface area contributed by atoms with Crippen molar-refractivity contribution in [1.29, 1.82) is 0 Å². The van der Waals surface area contributed by atoms with Gasteiger partial charge in [-0.1, -0.05) is 34.5 Å². The van der Waals surface area contributed by atoms with Gasteiger partial charge in [0.05, 0.1) is 39.0 Å². The fourth-order valence-electron chi connectivity index (χ4n) is 2.98. The lowest BCUT2D eigenvalue weighted by Gasteiger charge is -2.25. The van der Waals surface area contributed by atoms with Gasteiger partial charge in [-0.25, -0.2) is 4.98 Å². The zero-order valence-corrected chi connectivity index (χ0v) is 20.6. The summed E-state index contributed by atoms with van der Waals surface area (Å²) in [5.74, 6) is -0.694. The molecule has 0 spiro atoms. The normalized spacial score (nSPS) is 11.2. The van der Waals surface area contributed by atoms with Gasteiger partial charge in [-0.3, -0.25) is 9.59 Å². The third kappa shape index (κ3) is 6.86. The van der Waals surface area contributed by atoms with Crippen molar-refractivity contribution in [2.24, 2.45) is 10.2 Å². The summed E-state index contributed by atoms with van der Waals surface area (Å²) in [6.45, 7) is 6.00. The Bertz CT molecular complexity index is 1180. The van der Waals surface area contributed by atoms with Gasteiger partial charge >= 0.3 is 11.9 Å². The minimum absolute atomic E-state index is 0.222. The van der Waals surface area contributed by atoms with Crippen molar-refractivity contribution < 1.29 is 19.1 Å². The first-order valence-electron chi connectivity index (χ1n) is 10.0. The lowest BCUT2D eigenvalue weighted by Crippen LogP contribution is -2.31. The first-order valence-corrected chi connectivity index (χ1v) is 11.6. The van der Waals surface area contributed by atoms with Crippen LogP contribution < -0.4 is 4.90 Å². The van der Waals surface area contributed by atoms with Gasteiger partial charge in [0.1, 0.15) is 13.2 Å². The summed E-state index contributed by atoms with van der Waals surface area (Å²) in [5.41, 5.74) is 3.17. The number of aromatic nitrogens is 1. The molecule has 0 N–H and O–H groups in total. The van der Waals surface area contributed by atoms with E-state index < -0.39 is 0 Å². The highest BCUT2D eigenvalue weighted by atomic mass is 35.5. The zero-order valence-electron chi connectivity index (χ0n) is 18.3. The number of thiazole rings is 1. The first kappa shape index (κ1) is 24.9. The van der Waals surface area contributed by atoms with Crippen LogP contribution in [0.4, 0.5) is 16.5 Å². The number of ether oxygens (including phenoxy) is 2. The Balaban J connectivity index is 1.76. The molecule has 0 saturated carbocycles. The first-order chi connectivity index (χ1) is 15.7. The fourth-order valence-corrected chi connectivity index (χ4v) is 4.30. The number of azo groups is 1. The van der Waals surface area contributed by atoms with Crippen LogP contribution in [-0.2, 0) is 19.1 Å². The molecule has 1 aromatic heterocycles. The molecule has 174 valence electrons. The van der Waals surface area contributed by atoms with Gasteiger partial charge in [0.2, 0.25) is 5.13 Å². The molecule has 0 aliphatic heterocycles. The molecule has 0 aliphatic rings. The number of halogens is 2. The molecule has 11 heteroatoms. The second kappa shape index (κ2) is 11.4. The largest absolute Gasteiger partial charge is 0.464 e. The van der Waals surface area contributed by atoms with Crippen molar-refractivity contribution in [2.45, 2.75) is 20.8 Å². The van der Waals surface area contributed by atoms with Crippen molar-refractivity contribution in [2.75, 3.05) is 31.2 Å². The van der Waals surface area contributed by atoms with Crippen LogP contribution in [0.2, 0.25) is 10.0 Å². The van der Waals surface area contributed by atoms with E-state index in [1.54, 1.807) is 12.1 Å². The standard InChI is InChI=1S/C22H22Cl2N4O4S/c1-13-12-16(28(8-10-31-14(2)29)9-11-32-15(3)30)4-6-18(13)26-27-22-25-19-7-5-17(23)20(24)21(19)33-22/h4-7,12H,8-11H2,1-3H3. The summed E-state index contributed by atoms with van der Waals surface area (Å²) in [5, 5.41) is 9.99. The van der Waals surface area contributed by atoms with Gasteiger partial charge in [0.15, 0.2) is 0 Å². The summed E-state index contributed by atoms with van der Waals surface area (Å²) < 4.78 is 10.9. The van der Waals surface area contributed by atoms with E-state index in [1.807, 2.05) is 30.0 Å². The number of hydrogen-bond donors (Lipinski definition) is 0. The Labute approximate surface area is 205 Å². The number of nitrogens with zero attached hydrogens (tertiary/aromatic N) is 4. The van der Waals surface area contributed by atoms with Crippen LogP contribution in [0.3, 0.4) is 0 Å². The lowest BCUT2D eigenvalue weighted by molar-refractivity contribution is -0.141. The van der Waals surface area contributed by atoms with Crippen molar-refractivity contribution in [3.05, 3.63) is 45.9 Å². The van der Waals surface area contributed by atoms with Crippen molar-refractivity contribution in [1.82, 2.24) is 4.98 Å². The Morgan fingerprint density at radius 2 is 1.70 bits per heavy atom. The molecule has 0 radical (unpaired) electrons. The summed E-state index contributed by atoms with van der Waals surface area (Å²) >= 11 is 13.6. The highest BCUT2D eigenvalue weighted by Gasteiger charge is 2.12. The summed E-state index contributed by atoms with van der Waals surface area (Å²) in [7, 11) is 0. The van der Waals surface area contributed by atoms with Gasteiger partial charge in [-0.05, 0) is 42.8 Å². The molecule has 33 heavy (non-hydrogen) atoms. The summed E-state index contributed by atoms with van der Waals surface area (Å²) in [4.78, 5) is 28.6. The van der Waals surface area contributed by atoms with Crippen molar-refractivity contribution >= 4 is 73.2 Å². The maximum atomic E-state index is 11.1. The number of hydrogen-bond acceptors (Lipinski definition) is 9. The average molecular weight is 509 g/mol. The predicted molar refractivity (Wildman–Crippen MR) is 130 cm³/mol. The second-order valence-corrected chi connectivity index (χ2v) is 8.81. The molecule has 0 aliphatic carbocycles.